The minimum atomic E-state index is -0.152. The average Bonchev–Trinajstić information content (AvgIpc) is 3.24. The van der Waals surface area contributed by atoms with Crippen LogP contribution in [0.4, 0.5) is 0 Å². The molecule has 1 aromatic carbocycles. The van der Waals surface area contributed by atoms with Crippen LogP contribution in [0, 0.1) is 6.92 Å². The Hall–Kier alpha value is -3.16. The van der Waals surface area contributed by atoms with E-state index in [9.17, 15) is 4.79 Å². The monoisotopic (exact) mass is 368 g/mol. The van der Waals surface area contributed by atoms with Crippen molar-refractivity contribution in [3.63, 3.8) is 0 Å². The van der Waals surface area contributed by atoms with Gasteiger partial charge in [-0.15, -0.1) is 5.10 Å². The SMILES string of the molecule is COc1cccc(-n2nnc(C(=O)N(Cc3cnn(C)c3)C(C)C)c2C)c1. The second kappa shape index (κ2) is 7.61. The largest absolute Gasteiger partial charge is 0.497 e. The van der Waals surface area contributed by atoms with Gasteiger partial charge in [0.1, 0.15) is 5.75 Å². The summed E-state index contributed by atoms with van der Waals surface area (Å²) in [4.78, 5) is 14.9. The number of ether oxygens (including phenoxy) is 1. The molecule has 0 aliphatic rings. The zero-order chi connectivity index (χ0) is 19.6. The number of nitrogens with zero attached hydrogens (tertiary/aromatic N) is 6. The molecular weight excluding hydrogens is 344 g/mol. The summed E-state index contributed by atoms with van der Waals surface area (Å²) in [6.07, 6.45) is 3.67. The molecule has 2 aromatic heterocycles. The molecule has 0 N–H and O–H groups in total. The smallest absolute Gasteiger partial charge is 0.276 e. The molecule has 0 aliphatic heterocycles. The van der Waals surface area contributed by atoms with Gasteiger partial charge in [0, 0.05) is 37.5 Å². The molecule has 0 aliphatic carbocycles. The van der Waals surface area contributed by atoms with Gasteiger partial charge in [-0.1, -0.05) is 11.3 Å². The van der Waals surface area contributed by atoms with Gasteiger partial charge in [-0.25, -0.2) is 4.68 Å². The second-order valence-electron chi connectivity index (χ2n) is 6.69. The summed E-state index contributed by atoms with van der Waals surface area (Å²) in [6.45, 7) is 6.28. The molecule has 27 heavy (non-hydrogen) atoms. The van der Waals surface area contributed by atoms with E-state index < -0.39 is 0 Å². The Labute approximate surface area is 158 Å². The van der Waals surface area contributed by atoms with Gasteiger partial charge < -0.3 is 9.64 Å². The zero-order valence-corrected chi connectivity index (χ0v) is 16.2. The van der Waals surface area contributed by atoms with Crippen LogP contribution in [0.25, 0.3) is 5.69 Å². The third-order valence-electron chi connectivity index (χ3n) is 4.39. The van der Waals surface area contributed by atoms with Crippen molar-refractivity contribution in [3.8, 4) is 11.4 Å². The summed E-state index contributed by atoms with van der Waals surface area (Å²) in [7, 11) is 3.47. The standard InChI is InChI=1S/C19H24N6O2/c1-13(2)24(12-15-10-20-23(4)11-15)19(26)18-14(3)25(22-21-18)16-7-6-8-17(9-16)27-5/h6-11,13H,12H2,1-5H3. The molecule has 0 unspecified atom stereocenters. The number of benzene rings is 1. The highest BCUT2D eigenvalue weighted by atomic mass is 16.5. The lowest BCUT2D eigenvalue weighted by molar-refractivity contribution is 0.0683. The first-order chi connectivity index (χ1) is 12.9. The summed E-state index contributed by atoms with van der Waals surface area (Å²) in [5.41, 5.74) is 2.79. The van der Waals surface area contributed by atoms with Crippen molar-refractivity contribution < 1.29 is 9.53 Å². The molecular formula is C19H24N6O2. The van der Waals surface area contributed by atoms with E-state index in [-0.39, 0.29) is 11.9 Å². The molecule has 0 saturated carbocycles. The number of aryl methyl sites for hydroxylation is 1. The number of carbonyl (C=O) groups is 1. The third kappa shape index (κ3) is 3.84. The maximum absolute atomic E-state index is 13.1. The lowest BCUT2D eigenvalue weighted by Crippen LogP contribution is -2.37. The first kappa shape index (κ1) is 18.6. The number of aromatic nitrogens is 5. The van der Waals surface area contributed by atoms with Crippen molar-refractivity contribution in [1.29, 1.82) is 0 Å². The van der Waals surface area contributed by atoms with Gasteiger partial charge in [-0.3, -0.25) is 9.48 Å². The van der Waals surface area contributed by atoms with Crippen LogP contribution in [0.2, 0.25) is 0 Å². The molecule has 0 saturated heterocycles. The van der Waals surface area contributed by atoms with E-state index in [1.54, 1.807) is 27.6 Å². The molecule has 3 aromatic rings. The quantitative estimate of drug-likeness (QED) is 0.667. The van der Waals surface area contributed by atoms with E-state index >= 15 is 0 Å². The number of methoxy groups -OCH3 is 1. The van der Waals surface area contributed by atoms with Crippen LogP contribution in [-0.4, -0.2) is 48.7 Å². The van der Waals surface area contributed by atoms with Crippen LogP contribution in [0.1, 0.15) is 35.6 Å². The topological polar surface area (TPSA) is 78.1 Å². The molecule has 0 spiro atoms. The molecule has 0 atom stereocenters. The van der Waals surface area contributed by atoms with Crippen LogP contribution < -0.4 is 4.74 Å². The first-order valence-corrected chi connectivity index (χ1v) is 8.76. The van der Waals surface area contributed by atoms with Gasteiger partial charge >= 0.3 is 0 Å². The van der Waals surface area contributed by atoms with E-state index in [0.29, 0.717) is 17.9 Å². The second-order valence-corrected chi connectivity index (χ2v) is 6.69. The fourth-order valence-electron chi connectivity index (χ4n) is 2.89. The van der Waals surface area contributed by atoms with Crippen LogP contribution in [-0.2, 0) is 13.6 Å². The number of hydrogen-bond donors (Lipinski definition) is 0. The fraction of sp³-hybridized carbons (Fsp3) is 0.368. The molecule has 8 heteroatoms. The highest BCUT2D eigenvalue weighted by molar-refractivity contribution is 5.93. The van der Waals surface area contributed by atoms with Crippen LogP contribution in [0.5, 0.6) is 5.75 Å². The van der Waals surface area contributed by atoms with Gasteiger partial charge in [-0.2, -0.15) is 5.10 Å². The summed E-state index contributed by atoms with van der Waals surface area (Å²) >= 11 is 0. The summed E-state index contributed by atoms with van der Waals surface area (Å²) in [5, 5.41) is 12.5. The number of carbonyl (C=O) groups excluding carboxylic acids is 1. The van der Waals surface area contributed by atoms with Crippen molar-refractivity contribution >= 4 is 5.91 Å². The molecule has 0 radical (unpaired) electrons. The Balaban J connectivity index is 1.90. The molecule has 0 fully saturated rings. The Bertz CT molecular complexity index is 943. The van der Waals surface area contributed by atoms with Crippen LogP contribution in [0.3, 0.4) is 0 Å². The van der Waals surface area contributed by atoms with Crippen LogP contribution in [0.15, 0.2) is 36.7 Å². The van der Waals surface area contributed by atoms with Crippen molar-refractivity contribution in [2.45, 2.75) is 33.4 Å². The Kier molecular flexibility index (Phi) is 5.25. The lowest BCUT2D eigenvalue weighted by atomic mass is 10.2. The van der Waals surface area contributed by atoms with Crippen molar-refractivity contribution in [2.24, 2.45) is 7.05 Å². The normalized spacial score (nSPS) is 11.0. The summed E-state index contributed by atoms with van der Waals surface area (Å²) in [6, 6.07) is 7.50. The number of hydrogen-bond acceptors (Lipinski definition) is 5. The molecule has 2 heterocycles. The molecule has 8 nitrogen and oxygen atoms in total. The summed E-state index contributed by atoms with van der Waals surface area (Å²) < 4.78 is 8.64. The van der Waals surface area contributed by atoms with Gasteiger partial charge in [0.2, 0.25) is 0 Å². The molecule has 0 bridgehead atoms. The zero-order valence-electron chi connectivity index (χ0n) is 16.2. The van der Waals surface area contributed by atoms with Crippen molar-refractivity contribution in [2.75, 3.05) is 7.11 Å². The van der Waals surface area contributed by atoms with Crippen molar-refractivity contribution in [3.05, 3.63) is 53.6 Å². The first-order valence-electron chi connectivity index (χ1n) is 8.76. The Morgan fingerprint density at radius 3 is 2.74 bits per heavy atom. The predicted molar refractivity (Wildman–Crippen MR) is 101 cm³/mol. The van der Waals surface area contributed by atoms with E-state index in [4.69, 9.17) is 4.74 Å². The Morgan fingerprint density at radius 2 is 2.11 bits per heavy atom. The minimum Gasteiger partial charge on any atom is -0.497 e. The molecule has 3 rings (SSSR count). The molecule has 142 valence electrons. The number of rotatable bonds is 6. The van der Waals surface area contributed by atoms with E-state index in [2.05, 4.69) is 15.4 Å². The van der Waals surface area contributed by atoms with E-state index in [1.807, 2.05) is 58.3 Å². The van der Waals surface area contributed by atoms with Gasteiger partial charge in [0.05, 0.1) is 24.7 Å². The summed E-state index contributed by atoms with van der Waals surface area (Å²) in [5.74, 6) is 0.566. The van der Waals surface area contributed by atoms with E-state index in [0.717, 1.165) is 17.0 Å². The highest BCUT2D eigenvalue weighted by Crippen LogP contribution is 2.20. The maximum atomic E-state index is 13.1. The number of amides is 1. The fourth-order valence-corrected chi connectivity index (χ4v) is 2.89. The van der Waals surface area contributed by atoms with E-state index in [1.165, 1.54) is 0 Å². The van der Waals surface area contributed by atoms with Gasteiger partial charge in [-0.05, 0) is 32.9 Å². The lowest BCUT2D eigenvalue weighted by Gasteiger charge is -2.25. The predicted octanol–water partition coefficient (Wildman–Crippen LogP) is 2.37. The highest BCUT2D eigenvalue weighted by Gasteiger charge is 2.25. The van der Waals surface area contributed by atoms with Gasteiger partial charge in [0.15, 0.2) is 5.69 Å². The average molecular weight is 368 g/mol. The maximum Gasteiger partial charge on any atom is 0.276 e. The third-order valence-corrected chi connectivity index (χ3v) is 4.39. The van der Waals surface area contributed by atoms with Gasteiger partial charge in [0.25, 0.3) is 5.91 Å². The molecule has 1 amide bonds. The van der Waals surface area contributed by atoms with Crippen molar-refractivity contribution in [1.82, 2.24) is 29.7 Å². The Morgan fingerprint density at radius 1 is 1.33 bits per heavy atom. The van der Waals surface area contributed by atoms with Crippen LogP contribution >= 0.6 is 0 Å². The minimum absolute atomic E-state index is 0.0130.